The van der Waals surface area contributed by atoms with Gasteiger partial charge in [-0.15, -0.1) is 11.3 Å². The second kappa shape index (κ2) is 6.64. The van der Waals surface area contributed by atoms with Gasteiger partial charge in [0, 0.05) is 21.5 Å². The van der Waals surface area contributed by atoms with E-state index >= 15 is 0 Å². The number of rotatable bonds is 5. The van der Waals surface area contributed by atoms with Crippen LogP contribution >= 0.6 is 27.3 Å². The Balaban J connectivity index is 2.10. The van der Waals surface area contributed by atoms with Crippen LogP contribution in [0.25, 0.3) is 11.3 Å². The van der Waals surface area contributed by atoms with Crippen molar-refractivity contribution in [2.24, 2.45) is 5.92 Å². The van der Waals surface area contributed by atoms with Crippen LogP contribution in [0.4, 0.5) is 0 Å². The van der Waals surface area contributed by atoms with Crippen molar-refractivity contribution in [2.75, 3.05) is 6.54 Å². The molecule has 0 aliphatic heterocycles. The van der Waals surface area contributed by atoms with E-state index in [0.717, 1.165) is 28.3 Å². The molecule has 0 spiro atoms. The minimum absolute atomic E-state index is 0.673. The lowest BCUT2D eigenvalue weighted by Crippen LogP contribution is -2.18. The number of thiazole rings is 1. The van der Waals surface area contributed by atoms with E-state index < -0.39 is 0 Å². The first-order valence-electron chi connectivity index (χ1n) is 6.49. The Morgan fingerprint density at radius 3 is 2.58 bits per heavy atom. The largest absolute Gasteiger partial charge is 0.310 e. The maximum Gasteiger partial charge on any atom is 0.107 e. The number of hydrogen-bond donors (Lipinski definition) is 1. The van der Waals surface area contributed by atoms with Gasteiger partial charge in [-0.1, -0.05) is 41.9 Å². The summed E-state index contributed by atoms with van der Waals surface area (Å²) in [7, 11) is 0. The van der Waals surface area contributed by atoms with Gasteiger partial charge in [0.2, 0.25) is 0 Å². The summed E-state index contributed by atoms with van der Waals surface area (Å²) in [6, 6.07) is 8.34. The molecule has 1 heterocycles. The molecule has 0 saturated heterocycles. The molecule has 0 fully saturated rings. The van der Waals surface area contributed by atoms with Crippen LogP contribution in [0.1, 0.15) is 23.7 Å². The first-order chi connectivity index (χ1) is 9.06. The van der Waals surface area contributed by atoms with Gasteiger partial charge in [0.1, 0.15) is 5.01 Å². The number of nitrogens with zero attached hydrogens (tertiary/aromatic N) is 1. The van der Waals surface area contributed by atoms with Crippen molar-refractivity contribution < 1.29 is 0 Å². The predicted octanol–water partition coefficient (Wildman–Crippen LogP) is 4.63. The fraction of sp³-hybridized carbons (Fsp3) is 0.400. The lowest BCUT2D eigenvalue weighted by molar-refractivity contribution is 0.551. The summed E-state index contributed by atoms with van der Waals surface area (Å²) >= 11 is 5.24. The zero-order valence-electron chi connectivity index (χ0n) is 11.5. The third-order valence-corrected chi connectivity index (χ3v) is 4.29. The number of halogens is 1. The zero-order chi connectivity index (χ0) is 13.8. The molecule has 0 radical (unpaired) electrons. The maximum atomic E-state index is 4.75. The van der Waals surface area contributed by atoms with Crippen LogP contribution < -0.4 is 5.32 Å². The van der Waals surface area contributed by atoms with E-state index in [0.29, 0.717) is 5.92 Å². The first-order valence-corrected chi connectivity index (χ1v) is 8.10. The molecule has 19 heavy (non-hydrogen) atoms. The molecule has 1 N–H and O–H groups in total. The molecule has 0 saturated carbocycles. The Morgan fingerprint density at radius 2 is 1.95 bits per heavy atom. The fourth-order valence-electron chi connectivity index (χ4n) is 1.87. The summed E-state index contributed by atoms with van der Waals surface area (Å²) in [5, 5.41) is 4.61. The third-order valence-electron chi connectivity index (χ3n) is 2.79. The van der Waals surface area contributed by atoms with Gasteiger partial charge < -0.3 is 5.32 Å². The Labute approximate surface area is 127 Å². The van der Waals surface area contributed by atoms with Crippen LogP contribution in [0.5, 0.6) is 0 Å². The van der Waals surface area contributed by atoms with Gasteiger partial charge >= 0.3 is 0 Å². The van der Waals surface area contributed by atoms with Crippen molar-refractivity contribution in [3.63, 3.8) is 0 Å². The first kappa shape index (κ1) is 14.7. The Morgan fingerprint density at radius 1 is 1.26 bits per heavy atom. The lowest BCUT2D eigenvalue weighted by atomic mass is 10.1. The number of aromatic nitrogens is 1. The Hall–Kier alpha value is -0.710. The molecule has 0 unspecified atom stereocenters. The smallest absolute Gasteiger partial charge is 0.107 e. The van der Waals surface area contributed by atoms with E-state index in [-0.39, 0.29) is 0 Å². The molecule has 4 heteroatoms. The molecule has 102 valence electrons. The van der Waals surface area contributed by atoms with Gasteiger partial charge in [0.25, 0.3) is 0 Å². The average molecular weight is 339 g/mol. The molecule has 0 atom stereocenters. The molecule has 2 nitrogen and oxygen atoms in total. The van der Waals surface area contributed by atoms with E-state index in [1.54, 1.807) is 11.3 Å². The van der Waals surface area contributed by atoms with Gasteiger partial charge in [-0.2, -0.15) is 0 Å². The standard InChI is InChI=1S/C15H19BrN2S/c1-10(2)8-17-9-14-18-15(11(3)19-14)12-4-6-13(16)7-5-12/h4-7,10,17H,8-9H2,1-3H3. The molecule has 0 amide bonds. The number of nitrogens with one attached hydrogen (secondary N) is 1. The van der Waals surface area contributed by atoms with Crippen LogP contribution in [0.15, 0.2) is 28.7 Å². The SMILES string of the molecule is Cc1sc(CNCC(C)C)nc1-c1ccc(Br)cc1. The quantitative estimate of drug-likeness (QED) is 0.859. The van der Waals surface area contributed by atoms with E-state index in [2.05, 4.69) is 66.3 Å². The molecular weight excluding hydrogens is 320 g/mol. The molecule has 2 rings (SSSR count). The monoisotopic (exact) mass is 338 g/mol. The van der Waals surface area contributed by atoms with Crippen LogP contribution in [0, 0.1) is 12.8 Å². The minimum Gasteiger partial charge on any atom is -0.310 e. The molecule has 1 aromatic carbocycles. The van der Waals surface area contributed by atoms with Gasteiger partial charge in [0.05, 0.1) is 5.69 Å². The summed E-state index contributed by atoms with van der Waals surface area (Å²) in [4.78, 5) is 6.03. The second-order valence-corrected chi connectivity index (χ2v) is 7.25. The van der Waals surface area contributed by atoms with Crippen molar-refractivity contribution in [2.45, 2.75) is 27.3 Å². The van der Waals surface area contributed by atoms with Crippen LogP contribution in [-0.2, 0) is 6.54 Å². The topological polar surface area (TPSA) is 24.9 Å². The molecule has 0 bridgehead atoms. The average Bonchev–Trinajstić information content (AvgIpc) is 2.71. The maximum absolute atomic E-state index is 4.75. The summed E-state index contributed by atoms with van der Waals surface area (Å²) < 4.78 is 1.10. The van der Waals surface area contributed by atoms with Crippen LogP contribution in [-0.4, -0.2) is 11.5 Å². The summed E-state index contributed by atoms with van der Waals surface area (Å²) in [6.07, 6.45) is 0. The lowest BCUT2D eigenvalue weighted by Gasteiger charge is -2.04. The number of benzene rings is 1. The van der Waals surface area contributed by atoms with Gasteiger partial charge in [0.15, 0.2) is 0 Å². The van der Waals surface area contributed by atoms with Crippen molar-refractivity contribution in [1.29, 1.82) is 0 Å². The fourth-order valence-corrected chi connectivity index (χ4v) is 3.06. The number of aryl methyl sites for hydroxylation is 1. The molecular formula is C15H19BrN2S. The van der Waals surface area contributed by atoms with Crippen molar-refractivity contribution in [1.82, 2.24) is 10.3 Å². The van der Waals surface area contributed by atoms with E-state index in [1.807, 2.05) is 0 Å². The van der Waals surface area contributed by atoms with E-state index in [9.17, 15) is 0 Å². The molecule has 0 aliphatic rings. The van der Waals surface area contributed by atoms with Crippen LogP contribution in [0.2, 0.25) is 0 Å². The second-order valence-electron chi connectivity index (χ2n) is 5.04. The summed E-state index contributed by atoms with van der Waals surface area (Å²) in [5.41, 5.74) is 2.30. The number of hydrogen-bond acceptors (Lipinski definition) is 3. The van der Waals surface area contributed by atoms with Crippen molar-refractivity contribution in [3.05, 3.63) is 38.6 Å². The molecule has 0 aliphatic carbocycles. The minimum atomic E-state index is 0.673. The normalized spacial score (nSPS) is 11.2. The zero-order valence-corrected chi connectivity index (χ0v) is 13.9. The van der Waals surface area contributed by atoms with Crippen LogP contribution in [0.3, 0.4) is 0 Å². The Bertz CT molecular complexity index is 532. The highest BCUT2D eigenvalue weighted by atomic mass is 79.9. The van der Waals surface area contributed by atoms with Crippen molar-refractivity contribution >= 4 is 27.3 Å². The van der Waals surface area contributed by atoms with E-state index in [1.165, 1.54) is 10.4 Å². The Kier molecular flexibility index (Phi) is 5.13. The highest BCUT2D eigenvalue weighted by Gasteiger charge is 2.09. The summed E-state index contributed by atoms with van der Waals surface area (Å²) in [5.74, 6) is 0.673. The summed E-state index contributed by atoms with van der Waals surface area (Å²) in [6.45, 7) is 8.47. The highest BCUT2D eigenvalue weighted by molar-refractivity contribution is 9.10. The van der Waals surface area contributed by atoms with Gasteiger partial charge in [-0.05, 0) is 31.5 Å². The van der Waals surface area contributed by atoms with Crippen molar-refractivity contribution in [3.8, 4) is 11.3 Å². The highest BCUT2D eigenvalue weighted by Crippen LogP contribution is 2.28. The molecule has 2 aromatic rings. The molecule has 1 aromatic heterocycles. The predicted molar refractivity (Wildman–Crippen MR) is 86.5 cm³/mol. The van der Waals surface area contributed by atoms with Gasteiger partial charge in [-0.3, -0.25) is 0 Å². The van der Waals surface area contributed by atoms with Gasteiger partial charge in [-0.25, -0.2) is 4.98 Å². The third kappa shape index (κ3) is 4.13. The van der Waals surface area contributed by atoms with E-state index in [4.69, 9.17) is 4.98 Å².